The number of sulfonamides is 1. The Morgan fingerprint density at radius 1 is 1.06 bits per heavy atom. The maximum Gasteiger partial charge on any atom is 0.325 e. The van der Waals surface area contributed by atoms with Crippen molar-refractivity contribution in [3.8, 4) is 0 Å². The van der Waals surface area contributed by atoms with E-state index < -0.39 is 15.8 Å². The summed E-state index contributed by atoms with van der Waals surface area (Å²) in [5, 5.41) is 14.2. The highest BCUT2D eigenvalue weighted by atomic mass is 32.2. The van der Waals surface area contributed by atoms with Crippen LogP contribution in [0.3, 0.4) is 0 Å². The van der Waals surface area contributed by atoms with E-state index in [-0.39, 0.29) is 22.7 Å². The molecule has 2 aromatic carbocycles. The Bertz CT molecular complexity index is 1420. The molecule has 10 nitrogen and oxygen atoms in total. The van der Waals surface area contributed by atoms with Crippen molar-refractivity contribution in [2.45, 2.75) is 4.90 Å². The monoisotopic (exact) mass is 455 g/mol. The lowest BCUT2D eigenvalue weighted by molar-refractivity contribution is 0.245. The zero-order valence-corrected chi connectivity index (χ0v) is 17.5. The molecule has 4 aromatic rings. The Hall–Kier alpha value is -4.03. The summed E-state index contributed by atoms with van der Waals surface area (Å²) in [5.41, 5.74) is 1.75. The van der Waals surface area contributed by atoms with Crippen molar-refractivity contribution in [1.82, 2.24) is 19.9 Å². The Labute approximate surface area is 182 Å². The SMILES string of the molecule is CNC(=O)n1ccc2cc(Nc3nc(Nc4ccc(S(N)(=O)=O)cc4)ncc3F)ccc21. The molecule has 0 saturated heterocycles. The summed E-state index contributed by atoms with van der Waals surface area (Å²) in [6, 6.07) is 12.3. The fourth-order valence-corrected chi connectivity index (χ4v) is 3.54. The summed E-state index contributed by atoms with van der Waals surface area (Å²) in [6.45, 7) is 0. The molecule has 12 heteroatoms. The standard InChI is InChI=1S/C20H18FN7O3S/c1-23-20(29)28-9-8-12-10-14(4-7-17(12)28)25-18-16(21)11-24-19(27-18)26-13-2-5-15(6-3-13)32(22,30)31/h2-11H,1H3,(H,23,29)(H2,22,30,31)(H2,24,25,26,27). The van der Waals surface area contributed by atoms with Gasteiger partial charge in [0.25, 0.3) is 0 Å². The van der Waals surface area contributed by atoms with Gasteiger partial charge in [0.2, 0.25) is 16.0 Å². The second kappa shape index (κ2) is 8.24. The Morgan fingerprint density at radius 2 is 1.78 bits per heavy atom. The van der Waals surface area contributed by atoms with Gasteiger partial charge in [0, 0.05) is 30.0 Å². The molecule has 0 aliphatic heterocycles. The molecule has 0 atom stereocenters. The lowest BCUT2D eigenvalue weighted by Gasteiger charge is -2.10. The lowest BCUT2D eigenvalue weighted by atomic mass is 10.2. The smallest absolute Gasteiger partial charge is 0.325 e. The van der Waals surface area contributed by atoms with Gasteiger partial charge in [-0.15, -0.1) is 0 Å². The van der Waals surface area contributed by atoms with Crippen molar-refractivity contribution in [2.24, 2.45) is 5.14 Å². The zero-order valence-electron chi connectivity index (χ0n) is 16.7. The minimum absolute atomic E-state index is 0.0360. The van der Waals surface area contributed by atoms with Gasteiger partial charge in [0.15, 0.2) is 11.6 Å². The molecule has 2 aromatic heterocycles. The normalized spacial score (nSPS) is 11.3. The number of aromatic nitrogens is 3. The lowest BCUT2D eigenvalue weighted by Crippen LogP contribution is -2.23. The van der Waals surface area contributed by atoms with Crippen LogP contribution < -0.4 is 21.1 Å². The molecule has 0 aliphatic rings. The van der Waals surface area contributed by atoms with Gasteiger partial charge in [-0.25, -0.2) is 27.7 Å². The van der Waals surface area contributed by atoms with E-state index in [9.17, 15) is 17.6 Å². The van der Waals surface area contributed by atoms with Crippen LogP contribution in [0.5, 0.6) is 0 Å². The Morgan fingerprint density at radius 3 is 2.47 bits per heavy atom. The van der Waals surface area contributed by atoms with E-state index in [1.807, 2.05) is 0 Å². The molecule has 0 radical (unpaired) electrons. The van der Waals surface area contributed by atoms with Crippen molar-refractivity contribution in [3.05, 3.63) is 66.7 Å². The van der Waals surface area contributed by atoms with Crippen LogP contribution in [0.1, 0.15) is 0 Å². The number of benzene rings is 2. The number of carbonyl (C=O) groups is 1. The number of nitrogens with two attached hydrogens (primary N) is 1. The third-order valence-corrected chi connectivity index (χ3v) is 5.50. The second-order valence-corrected chi connectivity index (χ2v) is 8.29. The first-order chi connectivity index (χ1) is 15.2. The topological polar surface area (TPSA) is 144 Å². The van der Waals surface area contributed by atoms with Crippen LogP contribution in [0.25, 0.3) is 10.9 Å². The van der Waals surface area contributed by atoms with Crippen molar-refractivity contribution in [1.29, 1.82) is 0 Å². The van der Waals surface area contributed by atoms with Crippen LogP contribution in [-0.2, 0) is 10.0 Å². The first-order valence-electron chi connectivity index (χ1n) is 9.27. The minimum Gasteiger partial charge on any atom is -0.340 e. The van der Waals surface area contributed by atoms with Gasteiger partial charge >= 0.3 is 6.03 Å². The number of anilines is 4. The number of hydrogen-bond donors (Lipinski definition) is 4. The Kier molecular flexibility index (Phi) is 5.47. The van der Waals surface area contributed by atoms with Gasteiger partial charge in [-0.3, -0.25) is 4.57 Å². The third kappa shape index (κ3) is 4.36. The fraction of sp³-hybridized carbons (Fsp3) is 0.0500. The molecule has 32 heavy (non-hydrogen) atoms. The van der Waals surface area contributed by atoms with Gasteiger partial charge in [-0.05, 0) is 48.5 Å². The van der Waals surface area contributed by atoms with Crippen LogP contribution in [-0.4, -0.2) is 36.0 Å². The second-order valence-electron chi connectivity index (χ2n) is 6.72. The molecule has 0 fully saturated rings. The molecule has 4 rings (SSSR count). The number of rotatable bonds is 5. The summed E-state index contributed by atoms with van der Waals surface area (Å²) in [6.07, 6.45) is 2.65. The summed E-state index contributed by atoms with van der Waals surface area (Å²) < 4.78 is 38.5. The predicted molar refractivity (Wildman–Crippen MR) is 118 cm³/mol. The van der Waals surface area contributed by atoms with Crippen LogP contribution in [0.4, 0.5) is 32.3 Å². The molecule has 0 aliphatic carbocycles. The van der Waals surface area contributed by atoms with Gasteiger partial charge in [0.05, 0.1) is 16.6 Å². The van der Waals surface area contributed by atoms with E-state index in [4.69, 9.17) is 5.14 Å². The minimum atomic E-state index is -3.80. The number of halogens is 1. The summed E-state index contributed by atoms with van der Waals surface area (Å²) >= 11 is 0. The van der Waals surface area contributed by atoms with Crippen LogP contribution in [0.2, 0.25) is 0 Å². The highest BCUT2D eigenvalue weighted by Crippen LogP contribution is 2.25. The summed E-state index contributed by atoms with van der Waals surface area (Å²) in [4.78, 5) is 19.9. The molecule has 1 amide bonds. The Balaban J connectivity index is 1.56. The van der Waals surface area contributed by atoms with Crippen LogP contribution in [0, 0.1) is 5.82 Å². The number of hydrogen-bond acceptors (Lipinski definition) is 7. The first kappa shape index (κ1) is 21.2. The molecule has 0 unspecified atom stereocenters. The highest BCUT2D eigenvalue weighted by Gasteiger charge is 2.12. The largest absolute Gasteiger partial charge is 0.340 e. The maximum absolute atomic E-state index is 14.3. The molecule has 5 N–H and O–H groups in total. The van der Waals surface area contributed by atoms with Gasteiger partial charge in [-0.1, -0.05) is 0 Å². The third-order valence-electron chi connectivity index (χ3n) is 4.57. The maximum atomic E-state index is 14.3. The average Bonchev–Trinajstić information content (AvgIpc) is 3.18. The van der Waals surface area contributed by atoms with Crippen LogP contribution >= 0.6 is 0 Å². The first-order valence-corrected chi connectivity index (χ1v) is 10.8. The number of carbonyl (C=O) groups excluding carboxylic acids is 1. The van der Waals surface area contributed by atoms with Gasteiger partial charge in [-0.2, -0.15) is 4.98 Å². The van der Waals surface area contributed by atoms with E-state index in [0.717, 1.165) is 11.6 Å². The van der Waals surface area contributed by atoms with Crippen molar-refractivity contribution in [3.63, 3.8) is 0 Å². The molecular weight excluding hydrogens is 437 g/mol. The van der Waals surface area contributed by atoms with Crippen molar-refractivity contribution in [2.75, 3.05) is 17.7 Å². The number of amides is 1. The van der Waals surface area contributed by atoms with Crippen molar-refractivity contribution >= 4 is 50.1 Å². The number of nitrogens with zero attached hydrogens (tertiary/aromatic N) is 3. The predicted octanol–water partition coefficient (Wildman–Crippen LogP) is 2.89. The molecular formula is C20H18FN7O3S. The molecule has 0 saturated carbocycles. The number of nitrogens with one attached hydrogen (secondary N) is 3. The summed E-state index contributed by atoms with van der Waals surface area (Å²) in [7, 11) is -2.26. The van der Waals surface area contributed by atoms with E-state index in [1.54, 1.807) is 37.5 Å². The van der Waals surface area contributed by atoms with E-state index >= 15 is 0 Å². The van der Waals surface area contributed by atoms with Gasteiger partial charge < -0.3 is 16.0 Å². The fourth-order valence-electron chi connectivity index (χ4n) is 3.03. The summed E-state index contributed by atoms with van der Waals surface area (Å²) in [5.74, 6) is -0.624. The molecule has 164 valence electrons. The van der Waals surface area contributed by atoms with E-state index in [0.29, 0.717) is 16.9 Å². The molecule has 2 heterocycles. The van der Waals surface area contributed by atoms with Crippen molar-refractivity contribution < 1.29 is 17.6 Å². The zero-order chi connectivity index (χ0) is 22.9. The van der Waals surface area contributed by atoms with Crippen LogP contribution in [0.15, 0.2) is 65.8 Å². The average molecular weight is 455 g/mol. The quantitative estimate of drug-likeness (QED) is 0.362. The highest BCUT2D eigenvalue weighted by molar-refractivity contribution is 7.89. The van der Waals surface area contributed by atoms with E-state index in [2.05, 4.69) is 25.9 Å². The number of primary sulfonamides is 1. The molecule has 0 bridgehead atoms. The number of fused-ring (bicyclic) bond motifs is 1. The molecule has 0 spiro atoms. The van der Waals surface area contributed by atoms with Gasteiger partial charge in [0.1, 0.15) is 0 Å². The van der Waals surface area contributed by atoms with E-state index in [1.165, 1.54) is 28.8 Å².